The standard InChI is InChI=1S/C24H32N2O4/c1-16-5-3-7-24(2)14-21-17(13-19(16)24)18(23(28)30-21)15-25-8-10-26(11-9-25)22(27)20-6-4-12-29-20/h4,6,12,17-18,21H,3,5,7-11,13-15H2,1-2H3/t17-,18+,21-,24-/m1/s1. The lowest BCUT2D eigenvalue weighted by Crippen LogP contribution is -2.51. The van der Waals surface area contributed by atoms with Crippen molar-refractivity contribution < 1.29 is 18.7 Å². The second-order valence-corrected chi connectivity index (χ2v) is 9.90. The molecule has 4 atom stereocenters. The summed E-state index contributed by atoms with van der Waals surface area (Å²) in [6.45, 7) is 8.30. The van der Waals surface area contributed by atoms with Crippen molar-refractivity contribution in [2.45, 2.75) is 52.1 Å². The Labute approximate surface area is 178 Å². The Bertz CT molecular complexity index is 853. The molecule has 3 fully saturated rings. The predicted molar refractivity (Wildman–Crippen MR) is 112 cm³/mol. The number of ether oxygens (including phenoxy) is 1. The zero-order valence-corrected chi connectivity index (χ0v) is 18.1. The number of amides is 1. The molecule has 1 aromatic rings. The minimum absolute atomic E-state index is 0.0143. The quantitative estimate of drug-likeness (QED) is 0.562. The summed E-state index contributed by atoms with van der Waals surface area (Å²) in [4.78, 5) is 29.4. The topological polar surface area (TPSA) is 63.0 Å². The average molecular weight is 413 g/mol. The molecule has 1 amide bonds. The third-order valence-corrected chi connectivity index (χ3v) is 8.03. The molecule has 2 saturated heterocycles. The van der Waals surface area contributed by atoms with Gasteiger partial charge in [0.15, 0.2) is 5.76 Å². The van der Waals surface area contributed by atoms with Gasteiger partial charge in [0.1, 0.15) is 6.10 Å². The van der Waals surface area contributed by atoms with Gasteiger partial charge in [0.05, 0.1) is 12.2 Å². The van der Waals surface area contributed by atoms with E-state index >= 15 is 0 Å². The van der Waals surface area contributed by atoms with Crippen LogP contribution in [0.1, 0.15) is 56.5 Å². The van der Waals surface area contributed by atoms with Gasteiger partial charge in [-0.3, -0.25) is 14.5 Å². The van der Waals surface area contributed by atoms with Crippen molar-refractivity contribution in [1.82, 2.24) is 9.80 Å². The van der Waals surface area contributed by atoms with E-state index in [0.29, 0.717) is 24.8 Å². The first-order chi connectivity index (χ1) is 14.4. The SMILES string of the molecule is CC1=C2C[C@@H]3[C@H](CN4CCN(C(=O)c5ccco5)CC4)C(=O)O[C@@H]3C[C@@]2(C)CCC1. The smallest absolute Gasteiger partial charge is 0.310 e. The van der Waals surface area contributed by atoms with Crippen LogP contribution in [-0.2, 0) is 9.53 Å². The van der Waals surface area contributed by atoms with Crippen LogP contribution in [0, 0.1) is 17.3 Å². The third-order valence-electron chi connectivity index (χ3n) is 8.03. The molecular formula is C24H32N2O4. The minimum atomic E-state index is -0.0498. The molecule has 0 unspecified atom stereocenters. The van der Waals surface area contributed by atoms with E-state index in [4.69, 9.17) is 9.15 Å². The highest BCUT2D eigenvalue weighted by Crippen LogP contribution is 2.55. The van der Waals surface area contributed by atoms with Gasteiger partial charge in [0.2, 0.25) is 0 Å². The van der Waals surface area contributed by atoms with E-state index in [9.17, 15) is 9.59 Å². The lowest BCUT2D eigenvalue weighted by atomic mass is 9.59. The number of hydrogen-bond acceptors (Lipinski definition) is 5. The van der Waals surface area contributed by atoms with Crippen LogP contribution in [0.2, 0.25) is 0 Å². The number of nitrogens with zero attached hydrogens (tertiary/aromatic N) is 2. The summed E-state index contributed by atoms with van der Waals surface area (Å²) >= 11 is 0. The predicted octanol–water partition coefficient (Wildman–Crippen LogP) is 3.50. The first kappa shape index (κ1) is 19.9. The maximum absolute atomic E-state index is 12.8. The van der Waals surface area contributed by atoms with Crippen LogP contribution in [0.15, 0.2) is 34.0 Å². The van der Waals surface area contributed by atoms with Gasteiger partial charge in [0.25, 0.3) is 5.91 Å². The molecule has 6 nitrogen and oxygen atoms in total. The summed E-state index contributed by atoms with van der Waals surface area (Å²) in [7, 11) is 0. The van der Waals surface area contributed by atoms with Crippen LogP contribution in [0.4, 0.5) is 0 Å². The molecule has 2 aliphatic heterocycles. The first-order valence-corrected chi connectivity index (χ1v) is 11.4. The van der Waals surface area contributed by atoms with E-state index in [1.807, 2.05) is 4.90 Å². The molecule has 0 N–H and O–H groups in total. The van der Waals surface area contributed by atoms with Crippen molar-refractivity contribution in [3.63, 3.8) is 0 Å². The van der Waals surface area contributed by atoms with Crippen LogP contribution in [0.5, 0.6) is 0 Å². The summed E-state index contributed by atoms with van der Waals surface area (Å²) < 4.78 is 11.2. The first-order valence-electron chi connectivity index (χ1n) is 11.4. The summed E-state index contributed by atoms with van der Waals surface area (Å²) in [6.07, 6.45) is 7.28. The van der Waals surface area contributed by atoms with Crippen molar-refractivity contribution >= 4 is 11.9 Å². The molecule has 0 radical (unpaired) electrons. The van der Waals surface area contributed by atoms with E-state index in [1.165, 1.54) is 25.5 Å². The fourth-order valence-corrected chi connectivity index (χ4v) is 6.29. The van der Waals surface area contributed by atoms with Crippen LogP contribution >= 0.6 is 0 Å². The number of carbonyl (C=O) groups excluding carboxylic acids is 2. The summed E-state index contributed by atoms with van der Waals surface area (Å²) in [5.41, 5.74) is 3.37. The highest BCUT2D eigenvalue weighted by atomic mass is 16.6. The normalized spacial score (nSPS) is 34.5. The Kier molecular flexibility index (Phi) is 5.00. The van der Waals surface area contributed by atoms with Gasteiger partial charge < -0.3 is 14.1 Å². The van der Waals surface area contributed by atoms with Gasteiger partial charge in [-0.1, -0.05) is 18.1 Å². The van der Waals surface area contributed by atoms with Crippen molar-refractivity contribution in [2.75, 3.05) is 32.7 Å². The number of fused-ring (bicyclic) bond motifs is 2. The molecule has 2 aliphatic carbocycles. The Morgan fingerprint density at radius 2 is 2.07 bits per heavy atom. The number of esters is 1. The van der Waals surface area contributed by atoms with Crippen LogP contribution in [-0.4, -0.2) is 60.5 Å². The molecule has 0 aromatic carbocycles. The van der Waals surface area contributed by atoms with Crippen LogP contribution in [0.25, 0.3) is 0 Å². The minimum Gasteiger partial charge on any atom is -0.462 e. The zero-order valence-electron chi connectivity index (χ0n) is 18.1. The maximum atomic E-state index is 12.8. The van der Waals surface area contributed by atoms with E-state index in [-0.39, 0.29) is 29.3 Å². The maximum Gasteiger partial charge on any atom is 0.310 e. The van der Waals surface area contributed by atoms with E-state index in [2.05, 4.69) is 18.7 Å². The van der Waals surface area contributed by atoms with Gasteiger partial charge in [-0.15, -0.1) is 0 Å². The molecule has 3 heterocycles. The Hall–Kier alpha value is -2.08. The monoisotopic (exact) mass is 412 g/mol. The van der Waals surface area contributed by atoms with E-state index in [0.717, 1.165) is 32.5 Å². The van der Waals surface area contributed by atoms with E-state index < -0.39 is 0 Å². The second kappa shape index (κ2) is 7.56. The summed E-state index contributed by atoms with van der Waals surface area (Å²) in [6, 6.07) is 3.45. The van der Waals surface area contributed by atoms with Crippen molar-refractivity contribution in [2.24, 2.45) is 17.3 Å². The Balaban J connectivity index is 1.23. The molecule has 5 rings (SSSR count). The summed E-state index contributed by atoms with van der Waals surface area (Å²) in [5.74, 6) is 0.586. The molecule has 6 heteroatoms. The lowest BCUT2D eigenvalue weighted by Gasteiger charge is -2.46. The molecule has 162 valence electrons. The fourth-order valence-electron chi connectivity index (χ4n) is 6.29. The summed E-state index contributed by atoms with van der Waals surface area (Å²) in [5, 5.41) is 0. The van der Waals surface area contributed by atoms with Crippen molar-refractivity contribution in [3.8, 4) is 0 Å². The molecular weight excluding hydrogens is 380 g/mol. The number of allylic oxidation sites excluding steroid dienone is 2. The molecule has 1 saturated carbocycles. The highest BCUT2D eigenvalue weighted by Gasteiger charge is 2.53. The Morgan fingerprint density at radius 1 is 1.27 bits per heavy atom. The molecule has 30 heavy (non-hydrogen) atoms. The number of piperazine rings is 1. The van der Waals surface area contributed by atoms with Gasteiger partial charge in [-0.2, -0.15) is 0 Å². The van der Waals surface area contributed by atoms with Gasteiger partial charge >= 0.3 is 5.97 Å². The molecule has 1 aromatic heterocycles. The molecule has 4 aliphatic rings. The van der Waals surface area contributed by atoms with Crippen molar-refractivity contribution in [1.29, 1.82) is 0 Å². The van der Waals surface area contributed by atoms with E-state index in [1.54, 1.807) is 23.3 Å². The second-order valence-electron chi connectivity index (χ2n) is 9.90. The zero-order chi connectivity index (χ0) is 20.9. The lowest BCUT2D eigenvalue weighted by molar-refractivity contribution is -0.145. The average Bonchev–Trinajstić information content (AvgIpc) is 3.35. The van der Waals surface area contributed by atoms with Gasteiger partial charge in [-0.05, 0) is 56.6 Å². The van der Waals surface area contributed by atoms with Gasteiger partial charge in [0, 0.05) is 38.6 Å². The number of hydrogen-bond donors (Lipinski definition) is 0. The largest absolute Gasteiger partial charge is 0.462 e. The van der Waals surface area contributed by atoms with Crippen molar-refractivity contribution in [3.05, 3.63) is 35.3 Å². The van der Waals surface area contributed by atoms with Gasteiger partial charge in [-0.25, -0.2) is 0 Å². The molecule has 0 bridgehead atoms. The Morgan fingerprint density at radius 3 is 2.80 bits per heavy atom. The number of furan rings is 1. The molecule has 0 spiro atoms. The van der Waals surface area contributed by atoms with Crippen LogP contribution < -0.4 is 0 Å². The number of rotatable bonds is 3. The highest BCUT2D eigenvalue weighted by molar-refractivity contribution is 5.91. The van der Waals surface area contributed by atoms with Crippen LogP contribution in [0.3, 0.4) is 0 Å². The fraction of sp³-hybridized carbons (Fsp3) is 0.667. The third kappa shape index (κ3) is 3.39. The number of carbonyl (C=O) groups is 2.